The van der Waals surface area contributed by atoms with E-state index in [1.54, 1.807) is 6.07 Å². The molecule has 6 nitrogen and oxygen atoms in total. The van der Waals surface area contributed by atoms with Gasteiger partial charge in [-0.1, -0.05) is 60.9 Å². The van der Waals surface area contributed by atoms with Gasteiger partial charge in [0.25, 0.3) is 11.3 Å². The summed E-state index contributed by atoms with van der Waals surface area (Å²) in [4.78, 5) is 25.2. The number of carbonyl (C=O) groups is 1. The van der Waals surface area contributed by atoms with Gasteiger partial charge in [-0.25, -0.2) is 0 Å². The molecule has 4 rings (SSSR count). The lowest BCUT2D eigenvalue weighted by atomic mass is 9.78. The van der Waals surface area contributed by atoms with E-state index in [1.807, 2.05) is 31.2 Å². The van der Waals surface area contributed by atoms with E-state index in [2.05, 4.69) is 10.4 Å². The average Bonchev–Trinajstić information content (AvgIpc) is 3.30. The SMILES string of the molecule is Cc1ccc(CNC(=O)c2nn(CC3(c4cccc(C(F)(F)F)c4)CCCC3)cc(O)c2=O)cc1. The number of carbonyl (C=O) groups excluding carboxylic acids is 1. The molecule has 1 aromatic heterocycles. The number of alkyl halides is 3. The van der Waals surface area contributed by atoms with Gasteiger partial charge < -0.3 is 10.4 Å². The highest BCUT2D eigenvalue weighted by molar-refractivity contribution is 5.92. The third-order valence-corrected chi connectivity index (χ3v) is 6.56. The number of hydrogen-bond donors (Lipinski definition) is 2. The number of rotatable bonds is 6. The largest absolute Gasteiger partial charge is 0.503 e. The van der Waals surface area contributed by atoms with Crippen molar-refractivity contribution < 1.29 is 23.1 Å². The molecule has 35 heavy (non-hydrogen) atoms. The van der Waals surface area contributed by atoms with Crippen molar-refractivity contribution in [2.75, 3.05) is 0 Å². The van der Waals surface area contributed by atoms with Crippen molar-refractivity contribution >= 4 is 5.91 Å². The fraction of sp³-hybridized carbons (Fsp3) is 0.346. The van der Waals surface area contributed by atoms with Crippen LogP contribution in [0.15, 0.2) is 59.5 Å². The lowest BCUT2D eigenvalue weighted by molar-refractivity contribution is -0.137. The first kappa shape index (κ1) is 24.5. The van der Waals surface area contributed by atoms with Crippen LogP contribution in [0.5, 0.6) is 5.75 Å². The first-order valence-corrected chi connectivity index (χ1v) is 11.4. The van der Waals surface area contributed by atoms with Crippen molar-refractivity contribution in [3.8, 4) is 5.75 Å². The van der Waals surface area contributed by atoms with E-state index in [0.717, 1.165) is 42.3 Å². The van der Waals surface area contributed by atoms with Crippen LogP contribution in [0.2, 0.25) is 0 Å². The van der Waals surface area contributed by atoms with Gasteiger partial charge in [-0.05, 0) is 37.0 Å². The summed E-state index contributed by atoms with van der Waals surface area (Å²) in [5.41, 5.74) is -0.330. The Morgan fingerprint density at radius 2 is 1.83 bits per heavy atom. The van der Waals surface area contributed by atoms with Crippen LogP contribution in [0, 0.1) is 6.92 Å². The molecule has 0 bridgehead atoms. The van der Waals surface area contributed by atoms with Gasteiger partial charge in [-0.15, -0.1) is 0 Å². The third-order valence-electron chi connectivity index (χ3n) is 6.56. The molecular weight excluding hydrogens is 459 g/mol. The molecular formula is C26H26F3N3O3. The first-order chi connectivity index (χ1) is 16.6. The number of benzene rings is 2. The summed E-state index contributed by atoms with van der Waals surface area (Å²) in [6.45, 7) is 2.24. The maximum atomic E-state index is 13.3. The smallest absolute Gasteiger partial charge is 0.416 e. The molecule has 1 amide bonds. The minimum atomic E-state index is -4.47. The molecule has 1 aliphatic rings. The van der Waals surface area contributed by atoms with Gasteiger partial charge in [0.05, 0.1) is 18.3 Å². The maximum absolute atomic E-state index is 13.3. The summed E-state index contributed by atoms with van der Waals surface area (Å²) in [5, 5.41) is 17.0. The van der Waals surface area contributed by atoms with Gasteiger partial charge >= 0.3 is 6.18 Å². The van der Waals surface area contributed by atoms with E-state index in [1.165, 1.54) is 10.7 Å². The lowest BCUT2D eigenvalue weighted by Crippen LogP contribution is -2.34. The minimum Gasteiger partial charge on any atom is -0.503 e. The quantitative estimate of drug-likeness (QED) is 0.529. The van der Waals surface area contributed by atoms with Crippen molar-refractivity contribution in [3.05, 3.63) is 92.9 Å². The zero-order chi connectivity index (χ0) is 25.2. The first-order valence-electron chi connectivity index (χ1n) is 11.4. The van der Waals surface area contributed by atoms with Crippen molar-refractivity contribution in [2.45, 2.75) is 57.3 Å². The Balaban J connectivity index is 1.61. The van der Waals surface area contributed by atoms with Crippen molar-refractivity contribution in [1.29, 1.82) is 0 Å². The Hall–Kier alpha value is -3.62. The van der Waals surface area contributed by atoms with E-state index < -0.39 is 39.9 Å². The Bertz CT molecular complexity index is 1280. The number of aromatic nitrogens is 2. The highest BCUT2D eigenvalue weighted by atomic mass is 19.4. The normalized spacial score (nSPS) is 15.2. The topological polar surface area (TPSA) is 84.2 Å². The number of nitrogens with zero attached hydrogens (tertiary/aromatic N) is 2. The predicted molar refractivity (Wildman–Crippen MR) is 124 cm³/mol. The number of aromatic hydroxyl groups is 1. The predicted octanol–water partition coefficient (Wildman–Crippen LogP) is 4.72. The van der Waals surface area contributed by atoms with Gasteiger partial charge in [0.15, 0.2) is 11.4 Å². The molecule has 184 valence electrons. The molecule has 0 saturated heterocycles. The maximum Gasteiger partial charge on any atom is 0.416 e. The molecule has 0 unspecified atom stereocenters. The molecule has 0 aliphatic heterocycles. The lowest BCUT2D eigenvalue weighted by Gasteiger charge is -2.31. The Morgan fingerprint density at radius 1 is 1.14 bits per heavy atom. The van der Waals surface area contributed by atoms with E-state index in [0.29, 0.717) is 18.4 Å². The van der Waals surface area contributed by atoms with Gasteiger partial charge in [0.1, 0.15) is 0 Å². The van der Waals surface area contributed by atoms with Crippen LogP contribution < -0.4 is 10.7 Å². The molecule has 2 N–H and O–H groups in total. The second kappa shape index (κ2) is 9.56. The molecule has 1 aliphatic carbocycles. The average molecular weight is 486 g/mol. The van der Waals surface area contributed by atoms with Gasteiger partial charge in [-0.3, -0.25) is 14.3 Å². The van der Waals surface area contributed by atoms with Gasteiger partial charge in [-0.2, -0.15) is 18.3 Å². The van der Waals surface area contributed by atoms with Crippen molar-refractivity contribution in [2.24, 2.45) is 0 Å². The summed E-state index contributed by atoms with van der Waals surface area (Å²) in [6, 6.07) is 12.7. The van der Waals surface area contributed by atoms with Crippen LogP contribution in [0.4, 0.5) is 13.2 Å². The zero-order valence-electron chi connectivity index (χ0n) is 19.2. The Kier molecular flexibility index (Phi) is 6.69. The second-order valence-corrected chi connectivity index (χ2v) is 9.12. The monoisotopic (exact) mass is 485 g/mol. The number of hydrogen-bond acceptors (Lipinski definition) is 4. The molecule has 1 saturated carbocycles. The fourth-order valence-electron chi connectivity index (χ4n) is 4.65. The molecule has 2 aromatic carbocycles. The van der Waals surface area contributed by atoms with Crippen LogP contribution in [-0.4, -0.2) is 20.8 Å². The van der Waals surface area contributed by atoms with E-state index in [4.69, 9.17) is 0 Å². The molecule has 0 atom stereocenters. The summed E-state index contributed by atoms with van der Waals surface area (Å²) < 4.78 is 41.3. The van der Waals surface area contributed by atoms with Gasteiger partial charge in [0.2, 0.25) is 0 Å². The summed E-state index contributed by atoms with van der Waals surface area (Å²) >= 11 is 0. The van der Waals surface area contributed by atoms with E-state index in [9.17, 15) is 27.9 Å². The van der Waals surface area contributed by atoms with Crippen LogP contribution in [0.25, 0.3) is 0 Å². The summed E-state index contributed by atoms with van der Waals surface area (Å²) in [6.07, 6.45) is -0.437. The Labute approximate surface area is 200 Å². The minimum absolute atomic E-state index is 0.125. The Morgan fingerprint density at radius 3 is 2.49 bits per heavy atom. The van der Waals surface area contributed by atoms with Crippen molar-refractivity contribution in [1.82, 2.24) is 15.1 Å². The molecule has 1 heterocycles. The highest BCUT2D eigenvalue weighted by Crippen LogP contribution is 2.44. The molecule has 1 fully saturated rings. The fourth-order valence-corrected chi connectivity index (χ4v) is 4.65. The number of aryl methyl sites for hydroxylation is 1. The van der Waals surface area contributed by atoms with Crippen LogP contribution in [0.1, 0.15) is 58.4 Å². The van der Waals surface area contributed by atoms with Crippen LogP contribution in [0.3, 0.4) is 0 Å². The number of halogens is 3. The zero-order valence-corrected chi connectivity index (χ0v) is 19.2. The summed E-state index contributed by atoms with van der Waals surface area (Å²) in [7, 11) is 0. The number of amides is 1. The molecule has 0 spiro atoms. The van der Waals surface area contributed by atoms with Crippen molar-refractivity contribution in [3.63, 3.8) is 0 Å². The van der Waals surface area contributed by atoms with Gasteiger partial charge in [0, 0.05) is 12.0 Å². The molecule has 3 aromatic rings. The molecule has 9 heteroatoms. The highest BCUT2D eigenvalue weighted by Gasteiger charge is 2.39. The van der Waals surface area contributed by atoms with Crippen LogP contribution >= 0.6 is 0 Å². The van der Waals surface area contributed by atoms with Crippen LogP contribution in [-0.2, 0) is 24.7 Å². The third kappa shape index (κ3) is 5.39. The van der Waals surface area contributed by atoms with E-state index >= 15 is 0 Å². The standard InChI is InChI=1S/C26H26F3N3O3/c1-17-7-9-18(10-8-17)14-30-24(35)22-23(34)21(33)15-32(31-22)16-25(11-2-3-12-25)19-5-4-6-20(13-19)26(27,28)29/h4-10,13,15,33H,2-3,11-12,14,16H2,1H3,(H,30,35). The second-order valence-electron chi connectivity index (χ2n) is 9.12. The summed E-state index contributed by atoms with van der Waals surface area (Å²) in [5.74, 6) is -1.38. The molecule has 0 radical (unpaired) electrons. The van der Waals surface area contributed by atoms with E-state index in [-0.39, 0.29) is 13.1 Å². The number of nitrogens with one attached hydrogen (secondary N) is 1.